The topological polar surface area (TPSA) is 140 Å². The maximum atomic E-state index is 12.3. The zero-order chi connectivity index (χ0) is 24.7. The highest BCUT2D eigenvalue weighted by Crippen LogP contribution is 2.20. The summed E-state index contributed by atoms with van der Waals surface area (Å²) in [6.07, 6.45) is 0. The first-order chi connectivity index (χ1) is 16.2. The molecule has 0 heterocycles. The highest BCUT2D eigenvalue weighted by atomic mass is 79.9. The smallest absolute Gasteiger partial charge is 0.344 e. The summed E-state index contributed by atoms with van der Waals surface area (Å²) in [6.45, 7) is 1.64. The molecule has 0 aromatic heterocycles. The number of carbonyl (C=O) groups excluding carboxylic acids is 4. The number of hydrogen-bond acceptors (Lipinski definition) is 6. The van der Waals surface area contributed by atoms with Gasteiger partial charge in [0.05, 0.1) is 11.3 Å². The Labute approximate surface area is 203 Å². The van der Waals surface area contributed by atoms with Crippen molar-refractivity contribution in [1.29, 1.82) is 0 Å². The van der Waals surface area contributed by atoms with Gasteiger partial charge in [-0.1, -0.05) is 12.1 Å². The summed E-state index contributed by atoms with van der Waals surface area (Å²) in [5, 5.41) is 6.32. The molecule has 0 saturated heterocycles. The summed E-state index contributed by atoms with van der Waals surface area (Å²) in [4.78, 5) is 47.4. The number of carbonyl (C=O) groups is 4. The molecular formula is C24H19BrN4O5. The van der Waals surface area contributed by atoms with Gasteiger partial charge in [-0.3, -0.25) is 14.4 Å². The summed E-state index contributed by atoms with van der Waals surface area (Å²) < 4.78 is 5.99. The average Bonchev–Trinajstić information content (AvgIpc) is 2.83. The van der Waals surface area contributed by atoms with Crippen molar-refractivity contribution in [2.24, 2.45) is 10.8 Å². The fraction of sp³-hybridized carbons (Fsp3) is 0.0417. The number of amides is 3. The van der Waals surface area contributed by atoms with Crippen LogP contribution in [-0.4, -0.2) is 29.4 Å². The number of hydrazone groups is 1. The van der Waals surface area contributed by atoms with Gasteiger partial charge in [-0.25, -0.2) is 10.2 Å². The molecule has 0 aliphatic carbocycles. The molecule has 3 rings (SSSR count). The number of rotatable bonds is 6. The van der Waals surface area contributed by atoms with Gasteiger partial charge >= 0.3 is 17.8 Å². The summed E-state index contributed by atoms with van der Waals surface area (Å²) in [5.41, 5.74) is 9.40. The minimum absolute atomic E-state index is 0.274. The van der Waals surface area contributed by atoms with E-state index in [1.165, 1.54) is 24.3 Å². The minimum Gasteiger partial charge on any atom is -0.423 e. The zero-order valence-corrected chi connectivity index (χ0v) is 19.5. The lowest BCUT2D eigenvalue weighted by molar-refractivity contribution is -0.136. The zero-order valence-electron chi connectivity index (χ0n) is 17.9. The predicted molar refractivity (Wildman–Crippen MR) is 129 cm³/mol. The van der Waals surface area contributed by atoms with Crippen LogP contribution in [0.2, 0.25) is 0 Å². The van der Waals surface area contributed by atoms with Crippen LogP contribution in [-0.2, 0) is 9.59 Å². The number of nitrogens with zero attached hydrogens (tertiary/aromatic N) is 1. The van der Waals surface area contributed by atoms with Crippen LogP contribution in [0.4, 0.5) is 5.69 Å². The van der Waals surface area contributed by atoms with Crippen molar-refractivity contribution in [1.82, 2.24) is 5.43 Å². The molecule has 4 N–H and O–H groups in total. The molecule has 3 amide bonds. The van der Waals surface area contributed by atoms with E-state index in [1.54, 1.807) is 55.5 Å². The molecule has 3 aromatic rings. The standard InChI is InChI=1S/C24H19BrN4O5/c1-14(28-29-23(32)22(31)27-17-10-6-16(7-11-17)21(26)30)15-8-12-18(13-9-15)34-24(33)19-4-2-3-5-20(19)25/h2-13H,1H3,(H2,26,30)(H,27,31)(H,29,32). The van der Waals surface area contributed by atoms with Gasteiger partial charge in [0.2, 0.25) is 5.91 Å². The van der Waals surface area contributed by atoms with Crippen LogP contribution < -0.4 is 21.2 Å². The Morgan fingerprint density at radius 3 is 2.09 bits per heavy atom. The van der Waals surface area contributed by atoms with E-state index >= 15 is 0 Å². The van der Waals surface area contributed by atoms with Crippen LogP contribution >= 0.6 is 15.9 Å². The van der Waals surface area contributed by atoms with Crippen molar-refractivity contribution in [2.45, 2.75) is 6.92 Å². The normalized spacial score (nSPS) is 10.8. The molecule has 3 aromatic carbocycles. The lowest BCUT2D eigenvalue weighted by Crippen LogP contribution is -2.33. The quantitative estimate of drug-likeness (QED) is 0.150. The van der Waals surface area contributed by atoms with Crippen LogP contribution in [0.25, 0.3) is 0 Å². The molecule has 34 heavy (non-hydrogen) atoms. The lowest BCUT2D eigenvalue weighted by atomic mass is 10.1. The Balaban J connectivity index is 1.56. The molecule has 10 heteroatoms. The van der Waals surface area contributed by atoms with Gasteiger partial charge in [-0.05, 0) is 89.1 Å². The summed E-state index contributed by atoms with van der Waals surface area (Å²) in [5.74, 6) is -2.68. The molecule has 0 atom stereocenters. The second-order valence-electron chi connectivity index (χ2n) is 6.93. The van der Waals surface area contributed by atoms with E-state index in [0.717, 1.165) is 0 Å². The summed E-state index contributed by atoms with van der Waals surface area (Å²) in [6, 6.07) is 19.2. The third kappa shape index (κ3) is 6.36. The van der Waals surface area contributed by atoms with E-state index in [-0.39, 0.29) is 5.56 Å². The molecule has 0 bridgehead atoms. The third-order valence-corrected chi connectivity index (χ3v) is 5.23. The van der Waals surface area contributed by atoms with Gasteiger partial charge in [0, 0.05) is 15.7 Å². The second kappa shape index (κ2) is 11.0. The Hall–Kier alpha value is -4.31. The Morgan fingerprint density at radius 1 is 0.853 bits per heavy atom. The van der Waals surface area contributed by atoms with Crippen molar-refractivity contribution in [3.8, 4) is 5.75 Å². The van der Waals surface area contributed by atoms with E-state index in [4.69, 9.17) is 10.5 Å². The number of hydrogen-bond donors (Lipinski definition) is 3. The average molecular weight is 523 g/mol. The van der Waals surface area contributed by atoms with Gasteiger partial charge in [0.15, 0.2) is 0 Å². The van der Waals surface area contributed by atoms with Crippen LogP contribution in [0.15, 0.2) is 82.4 Å². The van der Waals surface area contributed by atoms with Crippen LogP contribution in [0.3, 0.4) is 0 Å². The molecule has 0 aliphatic heterocycles. The van der Waals surface area contributed by atoms with Gasteiger partial charge in [0.25, 0.3) is 0 Å². The first-order valence-corrected chi connectivity index (χ1v) is 10.7. The maximum Gasteiger partial charge on any atom is 0.344 e. The third-order valence-electron chi connectivity index (χ3n) is 4.54. The lowest BCUT2D eigenvalue weighted by Gasteiger charge is -2.07. The molecular weight excluding hydrogens is 504 g/mol. The molecule has 0 saturated carbocycles. The fourth-order valence-electron chi connectivity index (χ4n) is 2.71. The monoisotopic (exact) mass is 522 g/mol. The highest BCUT2D eigenvalue weighted by Gasteiger charge is 2.14. The van der Waals surface area contributed by atoms with Crippen molar-refractivity contribution >= 4 is 51.0 Å². The predicted octanol–water partition coefficient (Wildman–Crippen LogP) is 3.25. The molecule has 0 unspecified atom stereocenters. The number of nitrogens with two attached hydrogens (primary N) is 1. The van der Waals surface area contributed by atoms with E-state index in [9.17, 15) is 19.2 Å². The molecule has 9 nitrogen and oxygen atoms in total. The van der Waals surface area contributed by atoms with E-state index < -0.39 is 23.7 Å². The van der Waals surface area contributed by atoms with Gasteiger partial charge in [-0.2, -0.15) is 5.10 Å². The number of primary amides is 1. The molecule has 172 valence electrons. The van der Waals surface area contributed by atoms with Crippen molar-refractivity contribution in [3.63, 3.8) is 0 Å². The molecule has 0 aliphatic rings. The Morgan fingerprint density at radius 2 is 1.47 bits per heavy atom. The van der Waals surface area contributed by atoms with Gasteiger partial charge < -0.3 is 15.8 Å². The van der Waals surface area contributed by atoms with Crippen molar-refractivity contribution in [2.75, 3.05) is 5.32 Å². The Bertz CT molecular complexity index is 1270. The van der Waals surface area contributed by atoms with Gasteiger partial charge in [0.1, 0.15) is 5.75 Å². The SMILES string of the molecule is CC(=NNC(=O)C(=O)Nc1ccc(C(N)=O)cc1)c1ccc(OC(=O)c2ccccc2Br)cc1. The van der Waals surface area contributed by atoms with Crippen molar-refractivity contribution in [3.05, 3.63) is 94.0 Å². The first-order valence-electron chi connectivity index (χ1n) is 9.87. The summed E-state index contributed by atoms with van der Waals surface area (Å²) in [7, 11) is 0. The number of ether oxygens (including phenoxy) is 1. The van der Waals surface area contributed by atoms with E-state index in [2.05, 4.69) is 31.8 Å². The molecule has 0 spiro atoms. The molecule has 0 fully saturated rings. The van der Waals surface area contributed by atoms with Crippen LogP contribution in [0.5, 0.6) is 5.75 Å². The number of esters is 1. The number of nitrogens with one attached hydrogen (secondary N) is 2. The minimum atomic E-state index is -0.975. The van der Waals surface area contributed by atoms with Crippen LogP contribution in [0.1, 0.15) is 33.2 Å². The number of halogens is 1. The van der Waals surface area contributed by atoms with Gasteiger partial charge in [-0.15, -0.1) is 0 Å². The number of benzene rings is 3. The maximum absolute atomic E-state index is 12.3. The largest absolute Gasteiger partial charge is 0.423 e. The van der Waals surface area contributed by atoms with Crippen LogP contribution in [0, 0.1) is 0 Å². The molecule has 0 radical (unpaired) electrons. The van der Waals surface area contributed by atoms with Crippen molar-refractivity contribution < 1.29 is 23.9 Å². The van der Waals surface area contributed by atoms with E-state index in [0.29, 0.717) is 32.7 Å². The highest BCUT2D eigenvalue weighted by molar-refractivity contribution is 9.10. The fourth-order valence-corrected chi connectivity index (χ4v) is 3.16. The van der Waals surface area contributed by atoms with E-state index in [1.807, 2.05) is 0 Å². The Kier molecular flexibility index (Phi) is 7.88. The first kappa shape index (κ1) is 24.3. The number of anilines is 1. The summed E-state index contributed by atoms with van der Waals surface area (Å²) >= 11 is 3.31. The second-order valence-corrected chi connectivity index (χ2v) is 7.78.